The zero-order valence-corrected chi connectivity index (χ0v) is 18.6. The number of benzene rings is 1. The van der Waals surface area contributed by atoms with Crippen molar-refractivity contribution < 1.29 is 17.0 Å². The highest BCUT2D eigenvalue weighted by Gasteiger charge is 2.37. The second-order valence-corrected chi connectivity index (χ2v) is 14.6. The van der Waals surface area contributed by atoms with Crippen molar-refractivity contribution in [3.63, 3.8) is 0 Å². The van der Waals surface area contributed by atoms with Crippen LogP contribution in [-0.4, -0.2) is 29.9 Å². The summed E-state index contributed by atoms with van der Waals surface area (Å²) < 4.78 is 36.0. The monoisotopic (exact) mass is 386 g/mol. The summed E-state index contributed by atoms with van der Waals surface area (Å²) >= 11 is 0. The second kappa shape index (κ2) is 8.80. The fraction of sp³-hybridized carbons (Fsp3) is 0.684. The average molecular weight is 387 g/mol. The van der Waals surface area contributed by atoms with E-state index >= 15 is 0 Å². The molecule has 0 aliphatic carbocycles. The fourth-order valence-corrected chi connectivity index (χ4v) is 4.10. The van der Waals surface area contributed by atoms with Crippen LogP contribution in [0.25, 0.3) is 0 Å². The molecule has 0 fully saturated rings. The molecule has 144 valence electrons. The number of aryl methyl sites for hydroxylation is 1. The van der Waals surface area contributed by atoms with Gasteiger partial charge in [0.05, 0.1) is 11.5 Å². The minimum Gasteiger partial charge on any atom is -0.417 e. The predicted molar refractivity (Wildman–Crippen MR) is 106 cm³/mol. The molecule has 25 heavy (non-hydrogen) atoms. The summed E-state index contributed by atoms with van der Waals surface area (Å²) in [4.78, 5) is 0.213. The van der Waals surface area contributed by atoms with Crippen LogP contribution in [0.5, 0.6) is 0 Å². The Hall–Kier alpha value is -0.693. The summed E-state index contributed by atoms with van der Waals surface area (Å²) in [6.45, 7) is 15.9. The smallest absolute Gasteiger partial charge is 0.296 e. The summed E-state index contributed by atoms with van der Waals surface area (Å²) in [6, 6.07) is 6.74. The van der Waals surface area contributed by atoms with E-state index in [0.29, 0.717) is 6.61 Å². The number of hydrogen-bond acceptors (Lipinski definition) is 4. The molecular weight excluding hydrogens is 352 g/mol. The predicted octanol–water partition coefficient (Wildman–Crippen LogP) is 5.14. The molecule has 6 heteroatoms. The number of hydrogen-bond donors (Lipinski definition) is 0. The highest BCUT2D eigenvalue weighted by molar-refractivity contribution is 7.86. The normalized spacial score (nSPS) is 14.5. The Morgan fingerprint density at radius 1 is 1.12 bits per heavy atom. The van der Waals surface area contributed by atoms with Gasteiger partial charge in [-0.1, -0.05) is 51.8 Å². The van der Waals surface area contributed by atoms with Gasteiger partial charge in [0.25, 0.3) is 10.1 Å². The maximum absolute atomic E-state index is 12.3. The number of rotatable bonds is 9. The molecule has 0 bridgehead atoms. The van der Waals surface area contributed by atoms with Crippen molar-refractivity contribution in [1.82, 2.24) is 0 Å². The van der Waals surface area contributed by atoms with E-state index < -0.39 is 18.4 Å². The molecule has 1 rings (SSSR count). The van der Waals surface area contributed by atoms with Crippen LogP contribution in [0.2, 0.25) is 18.1 Å². The summed E-state index contributed by atoms with van der Waals surface area (Å²) in [6.07, 6.45) is 1.68. The van der Waals surface area contributed by atoms with Crippen LogP contribution < -0.4 is 0 Å². The lowest BCUT2D eigenvalue weighted by atomic mass is 10.1. The van der Waals surface area contributed by atoms with E-state index in [2.05, 4.69) is 40.8 Å². The van der Waals surface area contributed by atoms with Crippen molar-refractivity contribution in [1.29, 1.82) is 0 Å². The van der Waals surface area contributed by atoms with Gasteiger partial charge in [0.15, 0.2) is 8.32 Å². The highest BCUT2D eigenvalue weighted by Crippen LogP contribution is 2.36. The molecule has 0 saturated heterocycles. The van der Waals surface area contributed by atoms with Gasteiger partial charge in [-0.05, 0) is 49.5 Å². The van der Waals surface area contributed by atoms with E-state index in [1.165, 1.54) is 0 Å². The third kappa shape index (κ3) is 6.85. The summed E-state index contributed by atoms with van der Waals surface area (Å²) in [5.41, 5.74) is 1.02. The zero-order chi connectivity index (χ0) is 19.3. The van der Waals surface area contributed by atoms with Gasteiger partial charge in [0.1, 0.15) is 0 Å². The SMILES string of the molecule is CC[C@H](CCO[Si](C)(C)C(C)(C)C)COS(=O)(=O)c1ccc(C)cc1. The molecule has 0 amide bonds. The molecule has 1 atom stereocenters. The van der Waals surface area contributed by atoms with Crippen molar-refractivity contribution in [2.45, 2.75) is 70.5 Å². The topological polar surface area (TPSA) is 52.6 Å². The molecule has 0 spiro atoms. The van der Waals surface area contributed by atoms with Gasteiger partial charge < -0.3 is 4.43 Å². The van der Waals surface area contributed by atoms with Crippen LogP contribution in [-0.2, 0) is 18.7 Å². The van der Waals surface area contributed by atoms with Crippen LogP contribution in [0.1, 0.15) is 46.1 Å². The van der Waals surface area contributed by atoms with Crippen LogP contribution in [0, 0.1) is 12.8 Å². The lowest BCUT2D eigenvalue weighted by Crippen LogP contribution is -2.41. The molecule has 0 aromatic heterocycles. The molecule has 0 heterocycles. The first-order chi connectivity index (χ1) is 11.4. The van der Waals surface area contributed by atoms with Crippen molar-refractivity contribution >= 4 is 18.4 Å². The maximum atomic E-state index is 12.3. The minimum atomic E-state index is -3.69. The van der Waals surface area contributed by atoms with E-state index in [-0.39, 0.29) is 22.5 Å². The Bertz CT molecular complexity index is 630. The molecule has 0 radical (unpaired) electrons. The quantitative estimate of drug-likeness (QED) is 0.435. The molecular formula is C19H34O4SSi. The van der Waals surface area contributed by atoms with Crippen LogP contribution >= 0.6 is 0 Å². The van der Waals surface area contributed by atoms with Crippen LogP contribution in [0.4, 0.5) is 0 Å². The van der Waals surface area contributed by atoms with Gasteiger partial charge in [-0.2, -0.15) is 8.42 Å². The molecule has 1 aromatic carbocycles. The lowest BCUT2D eigenvalue weighted by molar-refractivity contribution is 0.199. The average Bonchev–Trinajstić information content (AvgIpc) is 2.50. The van der Waals surface area contributed by atoms with Gasteiger partial charge in [-0.25, -0.2) is 0 Å². The van der Waals surface area contributed by atoms with Crippen molar-refractivity contribution in [3.8, 4) is 0 Å². The third-order valence-electron chi connectivity index (χ3n) is 5.14. The lowest BCUT2D eigenvalue weighted by Gasteiger charge is -2.36. The van der Waals surface area contributed by atoms with Crippen molar-refractivity contribution in [3.05, 3.63) is 29.8 Å². The molecule has 4 nitrogen and oxygen atoms in total. The fourth-order valence-electron chi connectivity index (χ4n) is 2.06. The van der Waals surface area contributed by atoms with Crippen LogP contribution in [0.15, 0.2) is 29.2 Å². The van der Waals surface area contributed by atoms with Crippen LogP contribution in [0.3, 0.4) is 0 Å². The summed E-state index contributed by atoms with van der Waals surface area (Å²) in [7, 11) is -5.45. The maximum Gasteiger partial charge on any atom is 0.296 e. The van der Waals surface area contributed by atoms with Gasteiger partial charge in [0.2, 0.25) is 0 Å². The van der Waals surface area contributed by atoms with E-state index in [9.17, 15) is 8.42 Å². The van der Waals surface area contributed by atoms with E-state index in [0.717, 1.165) is 18.4 Å². The molecule has 0 saturated carbocycles. The van der Waals surface area contributed by atoms with Crippen molar-refractivity contribution in [2.75, 3.05) is 13.2 Å². The van der Waals surface area contributed by atoms with Gasteiger partial charge in [-0.3, -0.25) is 4.18 Å². The third-order valence-corrected chi connectivity index (χ3v) is 11.0. The summed E-state index contributed by atoms with van der Waals surface area (Å²) in [5, 5.41) is 0.181. The van der Waals surface area contributed by atoms with E-state index in [1.807, 2.05) is 6.92 Å². The molecule has 0 aliphatic rings. The zero-order valence-electron chi connectivity index (χ0n) is 16.8. The largest absolute Gasteiger partial charge is 0.417 e. The highest BCUT2D eigenvalue weighted by atomic mass is 32.2. The Morgan fingerprint density at radius 3 is 2.16 bits per heavy atom. The first kappa shape index (κ1) is 22.3. The first-order valence-corrected chi connectivity index (χ1v) is 13.3. The molecule has 1 aromatic rings. The van der Waals surface area contributed by atoms with Crippen molar-refractivity contribution in [2.24, 2.45) is 5.92 Å². The summed E-state index contributed by atoms with van der Waals surface area (Å²) in [5.74, 6) is 0.171. The minimum absolute atomic E-state index is 0.171. The molecule has 0 N–H and O–H groups in total. The Labute approximate surface area is 155 Å². The van der Waals surface area contributed by atoms with Gasteiger partial charge >= 0.3 is 0 Å². The van der Waals surface area contributed by atoms with E-state index in [4.69, 9.17) is 8.61 Å². The molecule has 0 unspecified atom stereocenters. The Kier molecular flexibility index (Phi) is 7.86. The van der Waals surface area contributed by atoms with Gasteiger partial charge in [-0.15, -0.1) is 0 Å². The Balaban J connectivity index is 2.55. The first-order valence-electron chi connectivity index (χ1n) is 8.99. The van der Waals surface area contributed by atoms with E-state index in [1.54, 1.807) is 24.3 Å². The second-order valence-electron chi connectivity index (χ2n) is 8.22. The standard InChI is InChI=1S/C19H34O4SSi/c1-8-17(13-14-23-25(6,7)19(3,4)5)15-22-24(20,21)18-11-9-16(2)10-12-18/h9-12,17H,8,13-15H2,1-7H3/t17-/m1/s1. The Morgan fingerprint density at radius 2 is 1.68 bits per heavy atom. The van der Waals surface area contributed by atoms with Gasteiger partial charge in [0, 0.05) is 6.61 Å². The molecule has 0 aliphatic heterocycles.